The van der Waals surface area contributed by atoms with E-state index in [0.717, 1.165) is 18.9 Å². The Hall–Kier alpha value is -1.96. The number of ether oxygens (including phenoxy) is 2. The molecule has 0 unspecified atom stereocenters. The fourth-order valence-corrected chi connectivity index (χ4v) is 3.15. The molecule has 0 aromatic heterocycles. The average Bonchev–Trinajstić information content (AvgIpc) is 3.06. The zero-order valence-electron chi connectivity index (χ0n) is 12.7. The summed E-state index contributed by atoms with van der Waals surface area (Å²) < 4.78 is 24.6. The topological polar surface area (TPSA) is 59.1 Å². The molecule has 124 valence electrons. The van der Waals surface area contributed by atoms with Crippen LogP contribution >= 0.6 is 11.8 Å². The highest BCUT2D eigenvalue weighted by atomic mass is 32.2. The second kappa shape index (κ2) is 6.66. The maximum absolute atomic E-state index is 14.2. The third kappa shape index (κ3) is 3.21. The number of fused-ring (bicyclic) bond motifs is 1. The molecule has 2 amide bonds. The monoisotopic (exact) mass is 340 g/mol. The Kier molecular flexibility index (Phi) is 4.61. The van der Waals surface area contributed by atoms with Crippen LogP contribution in [0.15, 0.2) is 12.1 Å². The number of benzene rings is 1. The van der Waals surface area contributed by atoms with E-state index in [2.05, 4.69) is 0 Å². The van der Waals surface area contributed by atoms with E-state index in [9.17, 15) is 14.0 Å². The lowest BCUT2D eigenvalue weighted by Crippen LogP contribution is -2.38. The molecule has 1 aromatic rings. The summed E-state index contributed by atoms with van der Waals surface area (Å²) in [4.78, 5) is 27.0. The van der Waals surface area contributed by atoms with Gasteiger partial charge in [0.25, 0.3) is 5.91 Å². The normalized spacial score (nSPS) is 17.0. The number of amides is 2. The molecule has 2 heterocycles. The second-order valence-electron chi connectivity index (χ2n) is 5.34. The van der Waals surface area contributed by atoms with E-state index in [1.165, 1.54) is 22.7 Å². The second-order valence-corrected chi connectivity index (χ2v) is 6.18. The van der Waals surface area contributed by atoms with Crippen molar-refractivity contribution in [3.05, 3.63) is 17.9 Å². The van der Waals surface area contributed by atoms with Gasteiger partial charge in [-0.05, 0) is 19.1 Å². The first kappa shape index (κ1) is 15.9. The highest BCUT2D eigenvalue weighted by Gasteiger charge is 2.28. The van der Waals surface area contributed by atoms with Crippen LogP contribution < -0.4 is 14.4 Å². The molecule has 1 saturated heterocycles. The van der Waals surface area contributed by atoms with Crippen LogP contribution in [0.1, 0.15) is 12.8 Å². The molecule has 0 aliphatic carbocycles. The highest BCUT2D eigenvalue weighted by molar-refractivity contribution is 7.98. The van der Waals surface area contributed by atoms with E-state index < -0.39 is 11.9 Å². The molecule has 0 spiro atoms. The summed E-state index contributed by atoms with van der Waals surface area (Å²) in [6.07, 6.45) is 3.14. The van der Waals surface area contributed by atoms with Crippen molar-refractivity contribution in [1.82, 2.24) is 4.90 Å². The van der Waals surface area contributed by atoms with Gasteiger partial charge in [0.2, 0.25) is 0 Å². The molecule has 0 saturated carbocycles. The Labute approximate surface area is 137 Å². The highest BCUT2D eigenvalue weighted by Crippen LogP contribution is 2.38. The standard InChI is InChI=1S/C15H17FN2O4S/c1-23-9-18-11-7-12(22-15(20)17-4-2-3-5-17)10(16)6-13(11)21-8-14(18)19/h6-7H,2-5,8-9H2,1H3. The molecule has 23 heavy (non-hydrogen) atoms. The Bertz CT molecular complexity index is 634. The quantitative estimate of drug-likeness (QED) is 0.846. The number of nitrogens with zero attached hydrogens (tertiary/aromatic N) is 2. The minimum Gasteiger partial charge on any atom is -0.481 e. The molecule has 8 heteroatoms. The molecule has 1 aromatic carbocycles. The van der Waals surface area contributed by atoms with Gasteiger partial charge in [-0.2, -0.15) is 0 Å². The summed E-state index contributed by atoms with van der Waals surface area (Å²) in [6, 6.07) is 2.51. The van der Waals surface area contributed by atoms with Crippen LogP contribution in [0, 0.1) is 5.82 Å². The SMILES string of the molecule is CSCN1C(=O)COc2cc(F)c(OC(=O)N3CCCC3)cc21. The molecule has 1 fully saturated rings. The Morgan fingerprint density at radius 1 is 1.39 bits per heavy atom. The number of carbonyl (C=O) groups excluding carboxylic acids is 2. The number of rotatable bonds is 3. The molecule has 0 atom stereocenters. The Morgan fingerprint density at radius 2 is 2.13 bits per heavy atom. The lowest BCUT2D eigenvalue weighted by atomic mass is 10.2. The molecule has 2 aliphatic rings. The van der Waals surface area contributed by atoms with Gasteiger partial charge >= 0.3 is 6.09 Å². The van der Waals surface area contributed by atoms with Crippen molar-refractivity contribution in [3.63, 3.8) is 0 Å². The molecule has 0 bridgehead atoms. The summed E-state index contributed by atoms with van der Waals surface area (Å²) in [5.74, 6) is -0.396. The van der Waals surface area contributed by atoms with Crippen LogP contribution in [0.25, 0.3) is 0 Å². The van der Waals surface area contributed by atoms with Gasteiger partial charge in [0.05, 0.1) is 11.6 Å². The smallest absolute Gasteiger partial charge is 0.415 e. The summed E-state index contributed by atoms with van der Waals surface area (Å²) >= 11 is 1.46. The molecule has 3 rings (SSSR count). The summed E-state index contributed by atoms with van der Waals surface area (Å²) in [7, 11) is 0. The predicted molar refractivity (Wildman–Crippen MR) is 84.6 cm³/mol. The van der Waals surface area contributed by atoms with Crippen LogP contribution in [0.3, 0.4) is 0 Å². The number of halogens is 1. The summed E-state index contributed by atoms with van der Waals surface area (Å²) in [6.45, 7) is 1.11. The fraction of sp³-hybridized carbons (Fsp3) is 0.467. The minimum atomic E-state index is -0.685. The number of anilines is 1. The van der Waals surface area contributed by atoms with Crippen molar-refractivity contribution >= 4 is 29.4 Å². The van der Waals surface area contributed by atoms with Gasteiger partial charge in [-0.25, -0.2) is 9.18 Å². The van der Waals surface area contributed by atoms with Gasteiger partial charge in [0.15, 0.2) is 18.2 Å². The van der Waals surface area contributed by atoms with Gasteiger partial charge in [0.1, 0.15) is 5.75 Å². The van der Waals surface area contributed by atoms with E-state index in [-0.39, 0.29) is 24.0 Å². The number of hydrogen-bond donors (Lipinski definition) is 0. The molecule has 6 nitrogen and oxygen atoms in total. The van der Waals surface area contributed by atoms with Gasteiger partial charge < -0.3 is 14.4 Å². The van der Waals surface area contributed by atoms with Crippen LogP contribution in [-0.2, 0) is 4.79 Å². The lowest BCUT2D eigenvalue weighted by molar-refractivity contribution is -0.121. The van der Waals surface area contributed by atoms with Crippen molar-refractivity contribution in [2.45, 2.75) is 12.8 Å². The zero-order chi connectivity index (χ0) is 16.4. The van der Waals surface area contributed by atoms with E-state index >= 15 is 0 Å². The van der Waals surface area contributed by atoms with Crippen molar-refractivity contribution in [2.24, 2.45) is 0 Å². The number of likely N-dealkylation sites (tertiary alicyclic amines) is 1. The largest absolute Gasteiger partial charge is 0.481 e. The molecular weight excluding hydrogens is 323 g/mol. The average molecular weight is 340 g/mol. The number of hydrogen-bond acceptors (Lipinski definition) is 5. The number of thioether (sulfide) groups is 1. The molecule has 0 radical (unpaired) electrons. The first-order valence-corrected chi connectivity index (χ1v) is 8.72. The van der Waals surface area contributed by atoms with Crippen LogP contribution in [0.5, 0.6) is 11.5 Å². The summed E-state index contributed by atoms with van der Waals surface area (Å²) in [5, 5.41) is 0. The molecule has 0 N–H and O–H groups in total. The third-order valence-electron chi connectivity index (χ3n) is 3.78. The van der Waals surface area contributed by atoms with Gasteiger partial charge in [-0.1, -0.05) is 0 Å². The lowest BCUT2D eigenvalue weighted by Gasteiger charge is -2.29. The van der Waals surface area contributed by atoms with Crippen LogP contribution in [0.2, 0.25) is 0 Å². The summed E-state index contributed by atoms with van der Waals surface area (Å²) in [5.41, 5.74) is 0.418. The van der Waals surface area contributed by atoms with Crippen molar-refractivity contribution in [2.75, 3.05) is 36.7 Å². The first-order valence-electron chi connectivity index (χ1n) is 7.32. The van der Waals surface area contributed by atoms with Gasteiger partial charge in [-0.15, -0.1) is 11.8 Å². The minimum absolute atomic E-state index is 0.125. The maximum Gasteiger partial charge on any atom is 0.415 e. The first-order chi connectivity index (χ1) is 11.1. The maximum atomic E-state index is 14.2. The zero-order valence-corrected chi connectivity index (χ0v) is 13.5. The van der Waals surface area contributed by atoms with Crippen molar-refractivity contribution < 1.29 is 23.5 Å². The van der Waals surface area contributed by atoms with E-state index in [4.69, 9.17) is 9.47 Å². The third-order valence-corrected chi connectivity index (χ3v) is 4.29. The van der Waals surface area contributed by atoms with Crippen LogP contribution in [0.4, 0.5) is 14.9 Å². The van der Waals surface area contributed by atoms with E-state index in [0.29, 0.717) is 24.7 Å². The van der Waals surface area contributed by atoms with Crippen molar-refractivity contribution in [3.8, 4) is 11.5 Å². The molecule has 2 aliphatic heterocycles. The van der Waals surface area contributed by atoms with E-state index in [1.54, 1.807) is 4.90 Å². The van der Waals surface area contributed by atoms with Gasteiger partial charge in [0, 0.05) is 25.2 Å². The fourth-order valence-electron chi connectivity index (χ4n) is 2.61. The Balaban J connectivity index is 1.86. The van der Waals surface area contributed by atoms with Crippen molar-refractivity contribution in [1.29, 1.82) is 0 Å². The Morgan fingerprint density at radius 3 is 2.83 bits per heavy atom. The predicted octanol–water partition coefficient (Wildman–Crippen LogP) is 2.47. The van der Waals surface area contributed by atoms with E-state index in [1.807, 2.05) is 6.26 Å². The van der Waals surface area contributed by atoms with Crippen LogP contribution in [-0.4, -0.2) is 48.7 Å². The molecular formula is C15H17FN2O4S. The number of carbonyl (C=O) groups is 2. The van der Waals surface area contributed by atoms with Gasteiger partial charge in [-0.3, -0.25) is 9.69 Å².